The van der Waals surface area contributed by atoms with Crippen molar-refractivity contribution < 1.29 is 14.2 Å². The van der Waals surface area contributed by atoms with Crippen molar-refractivity contribution >= 4 is 0 Å². The van der Waals surface area contributed by atoms with Crippen LogP contribution in [0.2, 0.25) is 0 Å². The first-order valence-corrected chi connectivity index (χ1v) is 4.16. The van der Waals surface area contributed by atoms with Crippen LogP contribution in [0.25, 0.3) is 10.4 Å². The number of hydrogen-bond acceptors (Lipinski definition) is 4. The zero-order valence-electron chi connectivity index (χ0n) is 7.45. The highest BCUT2D eigenvalue weighted by Crippen LogP contribution is 2.39. The molecule has 2 rings (SSSR count). The first-order chi connectivity index (χ1) is 6.27. The maximum atomic E-state index is 8.31. The smallest absolute Gasteiger partial charge is 0.186 e. The first kappa shape index (κ1) is 8.77. The molecule has 2 heterocycles. The second-order valence-corrected chi connectivity index (χ2v) is 3.21. The summed E-state index contributed by atoms with van der Waals surface area (Å²) < 4.78 is 15.8. The van der Waals surface area contributed by atoms with E-state index in [9.17, 15) is 0 Å². The highest BCUT2D eigenvalue weighted by atomic mass is 16.7. The molecule has 2 aliphatic rings. The van der Waals surface area contributed by atoms with E-state index in [1.165, 1.54) is 0 Å². The van der Waals surface area contributed by atoms with E-state index in [2.05, 4.69) is 10.0 Å². The minimum absolute atomic E-state index is 0.0235. The molecule has 0 unspecified atom stereocenters. The van der Waals surface area contributed by atoms with Gasteiger partial charge in [-0.1, -0.05) is 5.11 Å². The highest BCUT2D eigenvalue weighted by Gasteiger charge is 2.56. The number of ether oxygens (including phenoxy) is 3. The van der Waals surface area contributed by atoms with Crippen molar-refractivity contribution in [1.82, 2.24) is 0 Å². The summed E-state index contributed by atoms with van der Waals surface area (Å²) in [6, 6.07) is -0.221. The van der Waals surface area contributed by atoms with Gasteiger partial charge >= 0.3 is 0 Å². The average molecular weight is 185 g/mol. The van der Waals surface area contributed by atoms with Crippen LogP contribution in [0.15, 0.2) is 5.11 Å². The van der Waals surface area contributed by atoms with Crippen molar-refractivity contribution in [3.8, 4) is 0 Å². The minimum Gasteiger partial charge on any atom is -0.364 e. The van der Waals surface area contributed by atoms with E-state index < -0.39 is 0 Å². The number of nitrogens with zero attached hydrogens (tertiary/aromatic N) is 3. The van der Waals surface area contributed by atoms with Gasteiger partial charge in [-0.3, -0.25) is 0 Å². The van der Waals surface area contributed by atoms with Gasteiger partial charge in [0.15, 0.2) is 6.29 Å². The summed E-state index contributed by atoms with van der Waals surface area (Å²) in [7, 11) is 1.57. The van der Waals surface area contributed by atoms with Crippen molar-refractivity contribution in [2.75, 3.05) is 7.11 Å². The van der Waals surface area contributed by atoms with Gasteiger partial charge in [0.1, 0.15) is 12.2 Å². The van der Waals surface area contributed by atoms with Crippen LogP contribution in [0, 0.1) is 0 Å². The lowest BCUT2D eigenvalue weighted by atomic mass is 10.0. The Morgan fingerprint density at radius 1 is 1.38 bits per heavy atom. The first-order valence-electron chi connectivity index (χ1n) is 4.16. The molecule has 2 saturated heterocycles. The second kappa shape index (κ2) is 3.16. The van der Waals surface area contributed by atoms with Crippen LogP contribution in [0.3, 0.4) is 0 Å². The highest BCUT2D eigenvalue weighted by molar-refractivity contribution is 5.03. The van der Waals surface area contributed by atoms with Crippen molar-refractivity contribution in [3.05, 3.63) is 10.4 Å². The normalized spacial score (nSPS) is 47.7. The van der Waals surface area contributed by atoms with E-state index in [4.69, 9.17) is 19.7 Å². The fourth-order valence-corrected chi connectivity index (χ4v) is 1.68. The monoisotopic (exact) mass is 185 g/mol. The quantitative estimate of drug-likeness (QED) is 0.276. The van der Waals surface area contributed by atoms with Crippen LogP contribution in [-0.4, -0.2) is 37.8 Å². The maximum Gasteiger partial charge on any atom is 0.186 e. The molecule has 6 nitrogen and oxygen atoms in total. The van der Waals surface area contributed by atoms with Gasteiger partial charge in [0, 0.05) is 12.0 Å². The zero-order chi connectivity index (χ0) is 9.42. The predicted molar refractivity (Wildman–Crippen MR) is 42.9 cm³/mol. The Hall–Kier alpha value is -0.810. The summed E-state index contributed by atoms with van der Waals surface area (Å²) in [6.07, 6.45) is -0.545. The maximum absolute atomic E-state index is 8.31. The zero-order valence-corrected chi connectivity index (χ0v) is 7.45. The molecule has 5 atom stereocenters. The van der Waals surface area contributed by atoms with Gasteiger partial charge in [-0.05, 0) is 12.5 Å². The molecule has 0 aromatic rings. The van der Waals surface area contributed by atoms with Gasteiger partial charge < -0.3 is 14.2 Å². The molecule has 0 aliphatic carbocycles. The molecule has 0 amide bonds. The third kappa shape index (κ3) is 1.38. The van der Waals surface area contributed by atoms with Crippen molar-refractivity contribution in [2.24, 2.45) is 5.11 Å². The standard InChI is InChI=1S/C7H11N3O3/c1-3-4(9-10-8)5-6(13-5)7(11-2)12-3/h3-7H,1-2H3/t3-,4+,5-,6-,7+/m0/s1. The fourth-order valence-electron chi connectivity index (χ4n) is 1.68. The molecule has 0 N–H and O–H groups in total. The molecule has 0 bridgehead atoms. The average Bonchev–Trinajstić information content (AvgIpc) is 2.89. The number of rotatable bonds is 2. The summed E-state index contributed by atoms with van der Waals surface area (Å²) in [5, 5.41) is 3.63. The number of hydrogen-bond donors (Lipinski definition) is 0. The summed E-state index contributed by atoms with van der Waals surface area (Å²) in [4.78, 5) is 2.76. The Kier molecular flexibility index (Phi) is 2.13. The van der Waals surface area contributed by atoms with Crippen LogP contribution in [-0.2, 0) is 14.2 Å². The molecule has 6 heteroatoms. The molecular weight excluding hydrogens is 174 g/mol. The molecule has 72 valence electrons. The van der Waals surface area contributed by atoms with E-state index in [1.807, 2.05) is 6.92 Å². The lowest BCUT2D eigenvalue weighted by Crippen LogP contribution is -2.42. The van der Waals surface area contributed by atoms with Crippen LogP contribution in [0.4, 0.5) is 0 Å². The third-order valence-electron chi connectivity index (χ3n) is 2.41. The molecular formula is C7H11N3O3. The molecule has 0 aromatic carbocycles. The number of fused-ring (bicyclic) bond motifs is 1. The van der Waals surface area contributed by atoms with E-state index in [1.54, 1.807) is 7.11 Å². The molecule has 2 aliphatic heterocycles. The summed E-state index contributed by atoms with van der Waals surface area (Å²) in [6.45, 7) is 1.85. The third-order valence-corrected chi connectivity index (χ3v) is 2.41. The number of azide groups is 1. The Morgan fingerprint density at radius 2 is 2.15 bits per heavy atom. The number of methoxy groups -OCH3 is 1. The van der Waals surface area contributed by atoms with E-state index in [-0.39, 0.29) is 30.6 Å². The van der Waals surface area contributed by atoms with Crippen molar-refractivity contribution in [3.63, 3.8) is 0 Å². The van der Waals surface area contributed by atoms with Crippen LogP contribution in [0.1, 0.15) is 6.92 Å². The van der Waals surface area contributed by atoms with Gasteiger partial charge in [0.2, 0.25) is 0 Å². The van der Waals surface area contributed by atoms with Gasteiger partial charge in [0.05, 0.1) is 12.1 Å². The number of epoxide rings is 1. The van der Waals surface area contributed by atoms with Crippen LogP contribution >= 0.6 is 0 Å². The van der Waals surface area contributed by atoms with Crippen LogP contribution < -0.4 is 0 Å². The second-order valence-electron chi connectivity index (χ2n) is 3.21. The van der Waals surface area contributed by atoms with Gasteiger partial charge in [0.25, 0.3) is 0 Å². The summed E-state index contributed by atoms with van der Waals surface area (Å²) >= 11 is 0. The molecule has 0 radical (unpaired) electrons. The Morgan fingerprint density at radius 3 is 2.77 bits per heavy atom. The molecule has 0 spiro atoms. The van der Waals surface area contributed by atoms with Crippen molar-refractivity contribution in [2.45, 2.75) is 37.6 Å². The lowest BCUT2D eigenvalue weighted by Gasteiger charge is -2.27. The lowest BCUT2D eigenvalue weighted by molar-refractivity contribution is -0.172. The van der Waals surface area contributed by atoms with E-state index >= 15 is 0 Å². The SMILES string of the molecule is CO[C@@H]1O[C@@H](C)[C@@H](N=[N+]=[N-])[C@@H]2O[C@H]12. The van der Waals surface area contributed by atoms with Crippen molar-refractivity contribution in [1.29, 1.82) is 0 Å². The minimum atomic E-state index is -0.315. The van der Waals surface area contributed by atoms with Crippen LogP contribution in [0.5, 0.6) is 0 Å². The topological polar surface area (TPSA) is 79.8 Å². The molecule has 0 saturated carbocycles. The van der Waals surface area contributed by atoms with Gasteiger partial charge in [-0.2, -0.15) is 0 Å². The fraction of sp³-hybridized carbons (Fsp3) is 1.00. The predicted octanol–water partition coefficient (Wildman–Crippen LogP) is 0.824. The Bertz CT molecular complexity index is 251. The van der Waals surface area contributed by atoms with E-state index in [0.717, 1.165) is 0 Å². The Labute approximate surface area is 75.4 Å². The van der Waals surface area contributed by atoms with E-state index in [0.29, 0.717) is 0 Å². The molecule has 13 heavy (non-hydrogen) atoms. The molecule has 2 fully saturated rings. The van der Waals surface area contributed by atoms with Gasteiger partial charge in [-0.15, -0.1) is 0 Å². The molecule has 0 aromatic heterocycles. The van der Waals surface area contributed by atoms with Gasteiger partial charge in [-0.25, -0.2) is 0 Å². The Balaban J connectivity index is 2.07. The summed E-state index contributed by atoms with van der Waals surface area (Å²) in [5.41, 5.74) is 8.31. The summed E-state index contributed by atoms with van der Waals surface area (Å²) in [5.74, 6) is 0. The largest absolute Gasteiger partial charge is 0.364 e.